The van der Waals surface area contributed by atoms with Crippen LogP contribution in [0.15, 0.2) is 35.6 Å². The van der Waals surface area contributed by atoms with Crippen molar-refractivity contribution in [1.82, 2.24) is 15.6 Å². The van der Waals surface area contributed by atoms with Crippen molar-refractivity contribution in [2.24, 2.45) is 4.99 Å². The first-order chi connectivity index (χ1) is 13.6. The minimum atomic E-state index is 0.486. The molecule has 0 amide bonds. The molecule has 0 atom stereocenters. The minimum Gasteiger partial charge on any atom is -0.493 e. The minimum absolute atomic E-state index is 0.486. The molecule has 1 aromatic carbocycles. The monoisotopic (exact) mass is 386 g/mol. The predicted octanol–water partition coefficient (Wildman–Crippen LogP) is 2.71. The second-order valence-electron chi connectivity index (χ2n) is 6.21. The summed E-state index contributed by atoms with van der Waals surface area (Å²) in [5.41, 5.74) is 3.45. The van der Waals surface area contributed by atoms with Gasteiger partial charge in [-0.25, -0.2) is 4.99 Å². The first kappa shape index (κ1) is 21.3. The molecule has 0 aliphatic heterocycles. The topological polar surface area (TPSA) is 77.0 Å². The number of pyridine rings is 1. The van der Waals surface area contributed by atoms with Crippen LogP contribution in [0.25, 0.3) is 0 Å². The van der Waals surface area contributed by atoms with Gasteiger partial charge in [-0.3, -0.25) is 4.98 Å². The molecular formula is C21H30N4O3. The zero-order valence-electron chi connectivity index (χ0n) is 17.3. The van der Waals surface area contributed by atoms with E-state index in [2.05, 4.69) is 33.6 Å². The maximum atomic E-state index is 5.41. The van der Waals surface area contributed by atoms with Gasteiger partial charge in [-0.1, -0.05) is 0 Å². The number of rotatable bonds is 9. The Balaban J connectivity index is 2.06. The second kappa shape index (κ2) is 11.0. The third kappa shape index (κ3) is 5.77. The first-order valence-electron chi connectivity index (χ1n) is 9.33. The lowest BCUT2D eigenvalue weighted by Crippen LogP contribution is -2.38. The SMILES string of the molecule is CCNC(=NCc1cc(OC)c(OC)c(OC)c1)NCCc1ccncc1C. The quantitative estimate of drug-likeness (QED) is 0.510. The van der Waals surface area contributed by atoms with Crippen molar-refractivity contribution in [3.63, 3.8) is 0 Å². The zero-order valence-corrected chi connectivity index (χ0v) is 17.3. The molecule has 0 aliphatic carbocycles. The van der Waals surface area contributed by atoms with E-state index in [0.29, 0.717) is 23.8 Å². The van der Waals surface area contributed by atoms with E-state index in [0.717, 1.165) is 31.0 Å². The van der Waals surface area contributed by atoms with Crippen molar-refractivity contribution in [2.75, 3.05) is 34.4 Å². The molecule has 0 fully saturated rings. The number of methoxy groups -OCH3 is 3. The number of ether oxygens (including phenoxy) is 3. The number of aliphatic imine (C=N–C) groups is 1. The highest BCUT2D eigenvalue weighted by Gasteiger charge is 2.13. The maximum absolute atomic E-state index is 5.41. The third-order valence-corrected chi connectivity index (χ3v) is 4.31. The van der Waals surface area contributed by atoms with E-state index in [1.165, 1.54) is 11.1 Å². The molecule has 0 saturated carbocycles. The fraction of sp³-hybridized carbons (Fsp3) is 0.429. The van der Waals surface area contributed by atoms with Crippen molar-refractivity contribution >= 4 is 5.96 Å². The smallest absolute Gasteiger partial charge is 0.203 e. The number of nitrogens with one attached hydrogen (secondary N) is 2. The van der Waals surface area contributed by atoms with Crippen LogP contribution in [0.1, 0.15) is 23.6 Å². The Kier molecular flexibility index (Phi) is 8.39. The highest BCUT2D eigenvalue weighted by atomic mass is 16.5. The number of benzene rings is 1. The van der Waals surface area contributed by atoms with Crippen molar-refractivity contribution in [1.29, 1.82) is 0 Å². The molecular weight excluding hydrogens is 356 g/mol. The summed E-state index contributed by atoms with van der Waals surface area (Å²) in [5, 5.41) is 6.65. The van der Waals surface area contributed by atoms with E-state index < -0.39 is 0 Å². The Labute approximate surface area is 167 Å². The molecule has 0 unspecified atom stereocenters. The van der Waals surface area contributed by atoms with Gasteiger partial charge in [0.1, 0.15) is 0 Å². The Bertz CT molecular complexity index is 768. The van der Waals surface area contributed by atoms with Crippen molar-refractivity contribution < 1.29 is 14.2 Å². The van der Waals surface area contributed by atoms with Gasteiger partial charge >= 0.3 is 0 Å². The van der Waals surface area contributed by atoms with Crippen LogP contribution in [0.3, 0.4) is 0 Å². The fourth-order valence-corrected chi connectivity index (χ4v) is 2.84. The van der Waals surface area contributed by atoms with Gasteiger partial charge in [0, 0.05) is 25.5 Å². The van der Waals surface area contributed by atoms with Crippen molar-refractivity contribution in [3.8, 4) is 17.2 Å². The molecule has 0 aliphatic rings. The number of aryl methyl sites for hydroxylation is 1. The molecule has 0 saturated heterocycles. The number of aromatic nitrogens is 1. The van der Waals surface area contributed by atoms with E-state index in [4.69, 9.17) is 14.2 Å². The number of hydrogen-bond donors (Lipinski definition) is 2. The Morgan fingerprint density at radius 1 is 1.07 bits per heavy atom. The maximum Gasteiger partial charge on any atom is 0.203 e. The lowest BCUT2D eigenvalue weighted by Gasteiger charge is -2.14. The molecule has 2 rings (SSSR count). The first-order valence-corrected chi connectivity index (χ1v) is 9.33. The molecule has 7 nitrogen and oxygen atoms in total. The lowest BCUT2D eigenvalue weighted by atomic mass is 10.1. The van der Waals surface area contributed by atoms with E-state index in [9.17, 15) is 0 Å². The number of hydrogen-bond acceptors (Lipinski definition) is 5. The van der Waals surface area contributed by atoms with Crippen LogP contribution in [0, 0.1) is 6.92 Å². The number of guanidine groups is 1. The summed E-state index contributed by atoms with van der Waals surface area (Å²) < 4.78 is 16.2. The van der Waals surface area contributed by atoms with E-state index in [1.54, 1.807) is 21.3 Å². The third-order valence-electron chi connectivity index (χ3n) is 4.31. The van der Waals surface area contributed by atoms with Crippen LogP contribution >= 0.6 is 0 Å². The molecule has 152 valence electrons. The van der Waals surface area contributed by atoms with Crippen molar-refractivity contribution in [3.05, 3.63) is 47.3 Å². The molecule has 0 radical (unpaired) electrons. The normalized spacial score (nSPS) is 11.1. The molecule has 1 aromatic heterocycles. The van der Waals surface area contributed by atoms with Crippen LogP contribution in [-0.2, 0) is 13.0 Å². The highest BCUT2D eigenvalue weighted by Crippen LogP contribution is 2.38. The van der Waals surface area contributed by atoms with E-state index >= 15 is 0 Å². The summed E-state index contributed by atoms with van der Waals surface area (Å²) in [6, 6.07) is 5.88. The summed E-state index contributed by atoms with van der Waals surface area (Å²) in [5.74, 6) is 2.59. The largest absolute Gasteiger partial charge is 0.493 e. The highest BCUT2D eigenvalue weighted by molar-refractivity contribution is 5.79. The standard InChI is InChI=1S/C21H30N4O3/c1-6-23-21(24-10-8-17-7-9-22-13-15(17)2)25-14-16-11-18(26-3)20(28-5)19(12-16)27-4/h7,9,11-13H,6,8,10,14H2,1-5H3,(H2,23,24,25). The van der Waals surface area contributed by atoms with Crippen LogP contribution in [0.4, 0.5) is 0 Å². The van der Waals surface area contributed by atoms with Crippen LogP contribution in [0.5, 0.6) is 17.2 Å². The van der Waals surface area contributed by atoms with Crippen molar-refractivity contribution in [2.45, 2.75) is 26.8 Å². The van der Waals surface area contributed by atoms with Gasteiger partial charge < -0.3 is 24.8 Å². The van der Waals surface area contributed by atoms with Gasteiger partial charge in [-0.15, -0.1) is 0 Å². The molecule has 0 spiro atoms. The average Bonchev–Trinajstić information content (AvgIpc) is 2.72. The Morgan fingerprint density at radius 3 is 2.36 bits per heavy atom. The molecule has 28 heavy (non-hydrogen) atoms. The van der Waals surface area contributed by atoms with E-state index in [1.807, 2.05) is 31.5 Å². The van der Waals surface area contributed by atoms with Crippen LogP contribution < -0.4 is 24.8 Å². The fourth-order valence-electron chi connectivity index (χ4n) is 2.84. The number of nitrogens with zero attached hydrogens (tertiary/aromatic N) is 2. The average molecular weight is 386 g/mol. The summed E-state index contributed by atoms with van der Waals surface area (Å²) in [6.07, 6.45) is 4.62. The molecule has 0 bridgehead atoms. The Hall–Kier alpha value is -2.96. The predicted molar refractivity (Wildman–Crippen MR) is 112 cm³/mol. The molecule has 2 N–H and O–H groups in total. The molecule has 1 heterocycles. The summed E-state index contributed by atoms with van der Waals surface area (Å²) >= 11 is 0. The van der Waals surface area contributed by atoms with E-state index in [-0.39, 0.29) is 0 Å². The molecule has 2 aromatic rings. The molecule has 7 heteroatoms. The van der Waals surface area contributed by atoms with Crippen LogP contribution in [-0.4, -0.2) is 45.4 Å². The Morgan fingerprint density at radius 2 is 1.79 bits per heavy atom. The van der Waals surface area contributed by atoms with Gasteiger partial charge in [0.25, 0.3) is 0 Å². The lowest BCUT2D eigenvalue weighted by molar-refractivity contribution is 0.324. The summed E-state index contributed by atoms with van der Waals surface area (Å²) in [6.45, 7) is 6.18. The van der Waals surface area contributed by atoms with Gasteiger partial charge in [-0.2, -0.15) is 0 Å². The van der Waals surface area contributed by atoms with Gasteiger partial charge in [0.15, 0.2) is 17.5 Å². The summed E-state index contributed by atoms with van der Waals surface area (Å²) in [4.78, 5) is 8.81. The van der Waals surface area contributed by atoms with Gasteiger partial charge in [0.05, 0.1) is 27.9 Å². The zero-order chi connectivity index (χ0) is 20.4. The van der Waals surface area contributed by atoms with Crippen LogP contribution in [0.2, 0.25) is 0 Å². The summed E-state index contributed by atoms with van der Waals surface area (Å²) in [7, 11) is 4.81. The second-order valence-corrected chi connectivity index (χ2v) is 6.21. The van der Waals surface area contributed by atoms with Gasteiger partial charge in [-0.05, 0) is 55.2 Å². The van der Waals surface area contributed by atoms with Gasteiger partial charge in [0.2, 0.25) is 5.75 Å².